The summed E-state index contributed by atoms with van der Waals surface area (Å²) in [6, 6.07) is 1.20. The number of carbonyl (C=O) groups excluding carboxylic acids is 1. The Balaban J connectivity index is 2.68. The lowest BCUT2D eigenvalue weighted by molar-refractivity contribution is -0.140. The Morgan fingerprint density at radius 1 is 1.25 bits per heavy atom. The zero-order valence-electron chi connectivity index (χ0n) is 16.8. The number of aliphatic hydroxyl groups is 2. The van der Waals surface area contributed by atoms with Crippen molar-refractivity contribution in [1.82, 2.24) is 0 Å². The van der Waals surface area contributed by atoms with Crippen LogP contribution in [0.25, 0.3) is 6.08 Å². The minimum atomic E-state index is -0.638. The summed E-state index contributed by atoms with van der Waals surface area (Å²) in [4.78, 5) is 23.3. The summed E-state index contributed by atoms with van der Waals surface area (Å²) >= 11 is 0. The van der Waals surface area contributed by atoms with E-state index >= 15 is 0 Å². The van der Waals surface area contributed by atoms with Crippen LogP contribution in [0.3, 0.4) is 0 Å². The number of hydrogen-bond donors (Lipinski definition) is 2. The molecule has 158 valence electrons. The molecule has 0 radical (unpaired) electrons. The lowest BCUT2D eigenvalue weighted by atomic mass is 10.1. The van der Waals surface area contributed by atoms with Crippen molar-refractivity contribution < 1.29 is 28.9 Å². The van der Waals surface area contributed by atoms with E-state index in [4.69, 9.17) is 9.15 Å². The monoisotopic (exact) mass is 396 g/mol. The van der Waals surface area contributed by atoms with Crippen molar-refractivity contribution in [2.24, 2.45) is 0 Å². The molecule has 0 unspecified atom stereocenters. The normalized spacial score (nSPS) is 12.3. The van der Waals surface area contributed by atoms with Crippen LogP contribution in [0.2, 0.25) is 0 Å². The summed E-state index contributed by atoms with van der Waals surface area (Å²) < 4.78 is 15.7. The van der Waals surface area contributed by atoms with Crippen molar-refractivity contribution in [1.29, 1.82) is 0 Å². The fraction of sp³-hybridized carbons (Fsp3) is 0.619. The van der Waals surface area contributed by atoms with Crippen molar-refractivity contribution in [3.63, 3.8) is 0 Å². The molecule has 1 rings (SSSR count). The highest BCUT2D eigenvalue weighted by Crippen LogP contribution is 2.19. The van der Waals surface area contributed by atoms with Gasteiger partial charge in [0.15, 0.2) is 5.76 Å². The average molecular weight is 396 g/mol. The van der Waals surface area contributed by atoms with Gasteiger partial charge < -0.3 is 24.1 Å². The highest BCUT2D eigenvalue weighted by atomic mass is 16.5. The third-order valence-electron chi connectivity index (χ3n) is 4.21. The van der Waals surface area contributed by atoms with Gasteiger partial charge in [0.05, 0.1) is 19.8 Å². The molecule has 1 heterocycles. The van der Waals surface area contributed by atoms with E-state index in [-0.39, 0.29) is 28.7 Å². The van der Waals surface area contributed by atoms with Gasteiger partial charge in [0.1, 0.15) is 12.4 Å². The number of aliphatic hydroxyl groups excluding tert-OH is 2. The van der Waals surface area contributed by atoms with Crippen molar-refractivity contribution >= 4 is 12.0 Å². The number of hydrogen-bond acceptors (Lipinski definition) is 7. The van der Waals surface area contributed by atoms with E-state index in [1.807, 2.05) is 0 Å². The summed E-state index contributed by atoms with van der Waals surface area (Å²) in [5.41, 5.74) is -0.384. The summed E-state index contributed by atoms with van der Waals surface area (Å²) in [6.45, 7) is 1.99. The van der Waals surface area contributed by atoms with Crippen LogP contribution in [-0.2, 0) is 16.1 Å². The predicted octanol–water partition coefficient (Wildman–Crippen LogP) is 3.20. The first kappa shape index (κ1) is 23.9. The smallest absolute Gasteiger partial charge is 0.305 e. The molecule has 0 aliphatic carbocycles. The molecule has 0 aromatic carbocycles. The standard InChI is InChI=1S/C21H32O7/c1-3-4-6-9-16(23)11-12-19-21(18(24)14-17(15-22)28-19)27-13-8-5-7-10-20(25)26-2/h11-12,14,16,22-23H,3-10,13,15H2,1-2H3/t16-/m0/s1. The molecule has 0 amide bonds. The molecule has 0 saturated carbocycles. The molecule has 0 spiro atoms. The Kier molecular flexibility index (Phi) is 11.9. The lowest BCUT2D eigenvalue weighted by Gasteiger charge is -2.10. The van der Waals surface area contributed by atoms with Gasteiger partial charge in [-0.05, 0) is 31.8 Å². The maximum absolute atomic E-state index is 12.3. The molecule has 0 bridgehead atoms. The van der Waals surface area contributed by atoms with Crippen molar-refractivity contribution in [2.45, 2.75) is 71.0 Å². The Morgan fingerprint density at radius 2 is 2.04 bits per heavy atom. The summed E-state index contributed by atoms with van der Waals surface area (Å²) in [7, 11) is 1.36. The predicted molar refractivity (Wildman–Crippen MR) is 106 cm³/mol. The molecule has 0 fully saturated rings. The highest BCUT2D eigenvalue weighted by Gasteiger charge is 2.12. The van der Waals surface area contributed by atoms with Crippen LogP contribution >= 0.6 is 0 Å². The van der Waals surface area contributed by atoms with Gasteiger partial charge in [-0.1, -0.05) is 32.3 Å². The Morgan fingerprint density at radius 3 is 2.71 bits per heavy atom. The van der Waals surface area contributed by atoms with Crippen molar-refractivity contribution in [2.75, 3.05) is 13.7 Å². The Bertz CT molecular complexity index is 663. The molecule has 2 N–H and O–H groups in total. The maximum Gasteiger partial charge on any atom is 0.305 e. The van der Waals surface area contributed by atoms with Crippen LogP contribution in [0.1, 0.15) is 69.8 Å². The van der Waals surface area contributed by atoms with E-state index in [0.29, 0.717) is 32.3 Å². The first-order valence-corrected chi connectivity index (χ1v) is 9.85. The Hall–Kier alpha value is -2.12. The molecule has 1 atom stereocenters. The molecule has 7 heteroatoms. The van der Waals surface area contributed by atoms with E-state index in [1.165, 1.54) is 19.3 Å². The lowest BCUT2D eigenvalue weighted by Crippen LogP contribution is -2.12. The number of carbonyl (C=O) groups is 1. The number of rotatable bonds is 14. The van der Waals surface area contributed by atoms with Gasteiger partial charge >= 0.3 is 5.97 Å². The molecular weight excluding hydrogens is 364 g/mol. The van der Waals surface area contributed by atoms with Crippen LogP contribution in [-0.4, -0.2) is 36.0 Å². The van der Waals surface area contributed by atoms with Crippen LogP contribution in [0, 0.1) is 0 Å². The topological polar surface area (TPSA) is 106 Å². The van der Waals surface area contributed by atoms with Crippen molar-refractivity contribution in [3.05, 3.63) is 33.9 Å². The zero-order chi connectivity index (χ0) is 20.8. The minimum Gasteiger partial charge on any atom is -0.486 e. The van der Waals surface area contributed by atoms with Gasteiger partial charge in [-0.3, -0.25) is 9.59 Å². The SMILES string of the molecule is CCCCC[C@H](O)C=Cc1oc(CO)cc(=O)c1OCCCCCC(=O)OC. The van der Waals surface area contributed by atoms with Gasteiger partial charge in [0.25, 0.3) is 0 Å². The second-order valence-corrected chi connectivity index (χ2v) is 6.59. The van der Waals surface area contributed by atoms with E-state index in [2.05, 4.69) is 11.7 Å². The fourth-order valence-electron chi connectivity index (χ4n) is 2.60. The van der Waals surface area contributed by atoms with E-state index in [9.17, 15) is 19.8 Å². The van der Waals surface area contributed by atoms with Crippen LogP contribution in [0.4, 0.5) is 0 Å². The average Bonchev–Trinajstić information content (AvgIpc) is 2.69. The summed E-state index contributed by atoms with van der Waals surface area (Å²) in [5.74, 6) is 0.129. The molecule has 7 nitrogen and oxygen atoms in total. The van der Waals surface area contributed by atoms with Gasteiger partial charge in [-0.25, -0.2) is 0 Å². The summed E-state index contributed by atoms with van der Waals surface area (Å²) in [6.07, 6.45) is 8.58. The maximum atomic E-state index is 12.3. The molecule has 0 saturated heterocycles. The van der Waals surface area contributed by atoms with Crippen molar-refractivity contribution in [3.8, 4) is 5.75 Å². The Labute approximate surface area is 166 Å². The van der Waals surface area contributed by atoms with E-state index < -0.39 is 12.7 Å². The van der Waals surface area contributed by atoms with Gasteiger partial charge in [-0.15, -0.1) is 0 Å². The number of methoxy groups -OCH3 is 1. The molecular formula is C21H32O7. The fourth-order valence-corrected chi connectivity index (χ4v) is 2.60. The number of esters is 1. The minimum absolute atomic E-state index is 0.0576. The molecule has 1 aromatic heterocycles. The van der Waals surface area contributed by atoms with Gasteiger partial charge in [0.2, 0.25) is 11.2 Å². The van der Waals surface area contributed by atoms with Crippen LogP contribution in [0.5, 0.6) is 5.75 Å². The summed E-state index contributed by atoms with van der Waals surface area (Å²) in [5, 5.41) is 19.3. The quantitative estimate of drug-likeness (QED) is 0.367. The van der Waals surface area contributed by atoms with E-state index in [0.717, 1.165) is 25.7 Å². The van der Waals surface area contributed by atoms with E-state index in [1.54, 1.807) is 6.08 Å². The van der Waals surface area contributed by atoms with Crippen LogP contribution < -0.4 is 10.2 Å². The molecule has 0 aliphatic rings. The number of ether oxygens (including phenoxy) is 2. The third-order valence-corrected chi connectivity index (χ3v) is 4.21. The first-order valence-electron chi connectivity index (χ1n) is 9.85. The molecule has 1 aromatic rings. The number of unbranched alkanes of at least 4 members (excludes halogenated alkanes) is 4. The van der Waals surface area contributed by atoms with Gasteiger partial charge in [0, 0.05) is 12.5 Å². The third kappa shape index (κ3) is 9.19. The molecule has 0 aliphatic heterocycles. The highest BCUT2D eigenvalue weighted by molar-refractivity contribution is 5.68. The zero-order valence-corrected chi connectivity index (χ0v) is 16.8. The molecule has 28 heavy (non-hydrogen) atoms. The largest absolute Gasteiger partial charge is 0.486 e. The first-order chi connectivity index (χ1) is 13.5. The van der Waals surface area contributed by atoms with Gasteiger partial charge in [-0.2, -0.15) is 0 Å². The second kappa shape index (κ2) is 14.0. The second-order valence-electron chi connectivity index (χ2n) is 6.59. The van der Waals surface area contributed by atoms with Crippen LogP contribution in [0.15, 0.2) is 21.4 Å².